The normalized spacial score (nSPS) is 18.6. The fraction of sp³-hybridized carbons (Fsp3) is 0.308. The Balaban J connectivity index is 0.00000128. The molecule has 0 bridgehead atoms. The first-order valence-electron chi connectivity index (χ1n) is 5.18. The summed E-state index contributed by atoms with van der Waals surface area (Å²) in [4.78, 5) is 11.6. The molecule has 0 aromatic heterocycles. The molecule has 0 radical (unpaired) electrons. The largest absolute Gasteiger partial charge is 1.00 e. The van der Waals surface area contributed by atoms with Crippen LogP contribution < -0.4 is 17.0 Å². The number of likely N-dealkylation sites (N-methyl/N-ethyl adjacent to an activating group) is 1. The third kappa shape index (κ3) is 3.03. The molecule has 0 atom stereocenters. The Morgan fingerprint density at radius 2 is 1.69 bits per heavy atom. The number of rotatable bonds is 1. The zero-order valence-corrected chi connectivity index (χ0v) is 11.2. The average Bonchev–Trinajstić information content (AvgIpc) is 2.16. The van der Waals surface area contributed by atoms with Crippen LogP contribution in [0.2, 0.25) is 0 Å². The van der Waals surface area contributed by atoms with Crippen LogP contribution in [0.3, 0.4) is 0 Å². The number of hydrogen-bond acceptors (Lipinski definition) is 1. The Morgan fingerprint density at radius 1 is 1.06 bits per heavy atom. The molecule has 2 nitrogen and oxygen atoms in total. The summed E-state index contributed by atoms with van der Waals surface area (Å²) in [5.41, 5.74) is 2.31. The molecule has 0 aliphatic carbocycles. The molecular formula is C13H16BrNO. The van der Waals surface area contributed by atoms with E-state index in [4.69, 9.17) is 0 Å². The van der Waals surface area contributed by atoms with Crippen molar-refractivity contribution < 1.29 is 26.3 Å². The molecule has 0 saturated heterocycles. The number of halogens is 1. The van der Waals surface area contributed by atoms with Crippen LogP contribution in [0.15, 0.2) is 36.4 Å². The monoisotopic (exact) mass is 281 g/mol. The maximum absolute atomic E-state index is 11.6. The van der Waals surface area contributed by atoms with Gasteiger partial charge in [-0.3, -0.25) is 4.79 Å². The van der Waals surface area contributed by atoms with Gasteiger partial charge in [-0.05, 0) is 11.6 Å². The highest BCUT2D eigenvalue weighted by molar-refractivity contribution is 5.98. The Hall–Kier alpha value is -0.930. The minimum atomic E-state index is 0. The van der Waals surface area contributed by atoms with Gasteiger partial charge in [-0.1, -0.05) is 30.3 Å². The second-order valence-electron chi connectivity index (χ2n) is 4.75. The lowest BCUT2D eigenvalue weighted by Gasteiger charge is -2.32. The number of quaternary nitrogens is 1. The Labute approximate surface area is 107 Å². The third-order valence-electron chi connectivity index (χ3n) is 2.66. The van der Waals surface area contributed by atoms with E-state index in [-0.39, 0.29) is 22.8 Å². The molecule has 1 aliphatic heterocycles. The minimum Gasteiger partial charge on any atom is -1.00 e. The molecule has 1 aliphatic rings. The van der Waals surface area contributed by atoms with E-state index in [2.05, 4.69) is 26.2 Å². The maximum atomic E-state index is 11.6. The summed E-state index contributed by atoms with van der Waals surface area (Å²) in [5.74, 6) is 0.227. The van der Waals surface area contributed by atoms with E-state index in [9.17, 15) is 4.79 Å². The lowest BCUT2D eigenvalue weighted by molar-refractivity contribution is -0.875. The number of nitrogens with zero attached hydrogens (tertiary/aromatic N) is 1. The molecule has 3 heteroatoms. The molecular weight excluding hydrogens is 266 g/mol. The molecule has 0 fully saturated rings. The number of carbonyl (C=O) groups excluding carboxylic acids is 1. The first-order valence-corrected chi connectivity index (χ1v) is 5.18. The quantitative estimate of drug-likeness (QED) is 0.587. The number of benzene rings is 1. The van der Waals surface area contributed by atoms with Gasteiger partial charge in [-0.15, -0.1) is 0 Å². The van der Waals surface area contributed by atoms with Gasteiger partial charge in [-0.25, -0.2) is 0 Å². The minimum absolute atomic E-state index is 0. The first kappa shape index (κ1) is 13.1. The summed E-state index contributed by atoms with van der Waals surface area (Å²) >= 11 is 0. The second kappa shape index (κ2) is 4.93. The topological polar surface area (TPSA) is 17.1 Å². The van der Waals surface area contributed by atoms with Crippen LogP contribution in [0.25, 0.3) is 5.57 Å². The van der Waals surface area contributed by atoms with E-state index < -0.39 is 0 Å². The van der Waals surface area contributed by atoms with Crippen LogP contribution >= 0.6 is 0 Å². The highest BCUT2D eigenvalue weighted by Crippen LogP contribution is 2.21. The zero-order valence-electron chi connectivity index (χ0n) is 9.61. The van der Waals surface area contributed by atoms with E-state index in [0.717, 1.165) is 22.2 Å². The summed E-state index contributed by atoms with van der Waals surface area (Å²) in [6.07, 6.45) is 1.79. The second-order valence-corrected chi connectivity index (χ2v) is 4.75. The molecule has 0 N–H and O–H groups in total. The fourth-order valence-corrected chi connectivity index (χ4v) is 2.05. The fourth-order valence-electron chi connectivity index (χ4n) is 2.05. The van der Waals surface area contributed by atoms with Crippen molar-refractivity contribution >= 4 is 11.4 Å². The molecule has 0 saturated carbocycles. The summed E-state index contributed by atoms with van der Waals surface area (Å²) in [6.45, 7) is 1.53. The highest BCUT2D eigenvalue weighted by atomic mass is 79.9. The summed E-state index contributed by atoms with van der Waals surface area (Å²) in [7, 11) is 4.18. The van der Waals surface area contributed by atoms with Crippen molar-refractivity contribution in [2.45, 2.75) is 0 Å². The van der Waals surface area contributed by atoms with Gasteiger partial charge in [0.1, 0.15) is 13.1 Å². The van der Waals surface area contributed by atoms with Crippen molar-refractivity contribution in [1.29, 1.82) is 0 Å². The van der Waals surface area contributed by atoms with Gasteiger partial charge in [0, 0.05) is 5.57 Å². The number of hydrogen-bond donors (Lipinski definition) is 0. The predicted octanol–water partition coefficient (Wildman–Crippen LogP) is -1.27. The maximum Gasteiger partial charge on any atom is 0.210 e. The van der Waals surface area contributed by atoms with Gasteiger partial charge in [-0.2, -0.15) is 0 Å². The molecule has 0 unspecified atom stereocenters. The Morgan fingerprint density at radius 3 is 2.25 bits per heavy atom. The SMILES string of the molecule is C[N+]1(C)CC(=O)C=C(c2ccccc2)C1.[Br-]. The summed E-state index contributed by atoms with van der Waals surface area (Å²) in [5, 5.41) is 0. The van der Waals surface area contributed by atoms with Crippen molar-refractivity contribution in [2.24, 2.45) is 0 Å². The van der Waals surface area contributed by atoms with Crippen LogP contribution in [0.1, 0.15) is 5.56 Å². The van der Waals surface area contributed by atoms with Gasteiger partial charge in [0.05, 0.1) is 14.1 Å². The standard InChI is InChI=1S/C13H16NO.BrH/c1-14(2)9-12(8-13(15)10-14)11-6-4-3-5-7-11;/h3-8H,9-10H2,1-2H3;1H/q+1;/p-1. The van der Waals surface area contributed by atoms with Crippen LogP contribution in [0.4, 0.5) is 0 Å². The van der Waals surface area contributed by atoms with Gasteiger partial charge in [0.2, 0.25) is 5.78 Å². The van der Waals surface area contributed by atoms with E-state index in [1.807, 2.05) is 18.2 Å². The van der Waals surface area contributed by atoms with E-state index in [0.29, 0.717) is 6.54 Å². The molecule has 1 aromatic rings. The van der Waals surface area contributed by atoms with Crippen molar-refractivity contribution in [1.82, 2.24) is 0 Å². The lowest BCUT2D eigenvalue weighted by atomic mass is 10.00. The Kier molecular flexibility index (Phi) is 4.05. The van der Waals surface area contributed by atoms with E-state index in [1.165, 1.54) is 0 Å². The zero-order chi connectivity index (χ0) is 10.9. The molecule has 0 spiro atoms. The van der Waals surface area contributed by atoms with Gasteiger partial charge in [0.15, 0.2) is 0 Å². The van der Waals surface area contributed by atoms with Gasteiger partial charge in [0.25, 0.3) is 0 Å². The van der Waals surface area contributed by atoms with Crippen molar-refractivity contribution in [3.63, 3.8) is 0 Å². The van der Waals surface area contributed by atoms with Crippen molar-refractivity contribution in [2.75, 3.05) is 27.2 Å². The first-order chi connectivity index (χ1) is 7.07. The highest BCUT2D eigenvalue weighted by Gasteiger charge is 2.26. The van der Waals surface area contributed by atoms with E-state index >= 15 is 0 Å². The number of carbonyl (C=O) groups is 1. The van der Waals surface area contributed by atoms with Crippen molar-refractivity contribution in [3.8, 4) is 0 Å². The third-order valence-corrected chi connectivity index (χ3v) is 2.66. The Bertz CT molecular complexity index is 409. The van der Waals surface area contributed by atoms with Crippen LogP contribution in [0.5, 0.6) is 0 Å². The van der Waals surface area contributed by atoms with Crippen LogP contribution in [-0.4, -0.2) is 37.5 Å². The summed E-state index contributed by atoms with van der Waals surface area (Å²) < 4.78 is 0.750. The van der Waals surface area contributed by atoms with E-state index in [1.54, 1.807) is 6.08 Å². The molecule has 0 amide bonds. The van der Waals surface area contributed by atoms with Crippen LogP contribution in [-0.2, 0) is 4.79 Å². The number of ketones is 1. The molecule has 16 heavy (non-hydrogen) atoms. The van der Waals surface area contributed by atoms with Gasteiger partial charge < -0.3 is 21.5 Å². The average molecular weight is 282 g/mol. The van der Waals surface area contributed by atoms with Crippen LogP contribution in [0, 0.1) is 0 Å². The molecule has 1 aromatic carbocycles. The molecule has 86 valence electrons. The van der Waals surface area contributed by atoms with Gasteiger partial charge >= 0.3 is 0 Å². The smallest absolute Gasteiger partial charge is 0.210 e. The molecule has 2 rings (SSSR count). The lowest BCUT2D eigenvalue weighted by Crippen LogP contribution is -3.00. The van der Waals surface area contributed by atoms with Crippen molar-refractivity contribution in [3.05, 3.63) is 42.0 Å². The molecule has 1 heterocycles. The summed E-state index contributed by atoms with van der Waals surface area (Å²) in [6, 6.07) is 10.1. The predicted molar refractivity (Wildman–Crippen MR) is 61.3 cm³/mol.